The molecule has 0 aliphatic carbocycles. The number of nitrogens with zero attached hydrogens (tertiary/aromatic N) is 1. The van der Waals surface area contributed by atoms with Crippen LogP contribution in [0.1, 0.15) is 29.6 Å². The Labute approximate surface area is 133 Å². The number of ether oxygens (including phenoxy) is 1. The minimum absolute atomic E-state index is 0.107. The van der Waals surface area contributed by atoms with Crippen molar-refractivity contribution in [1.29, 1.82) is 0 Å². The zero-order chi connectivity index (χ0) is 16.7. The fourth-order valence-corrected chi connectivity index (χ4v) is 1.99. The Morgan fingerprint density at radius 2 is 1.87 bits per heavy atom. The lowest BCUT2D eigenvalue weighted by Gasteiger charge is -2.05. The molecule has 0 fully saturated rings. The average Bonchev–Trinajstić information content (AvgIpc) is 2.56. The number of ketones is 1. The SMILES string of the molecule is COc1ccc(NC(=O)CCCC(=O)c2ccc(F)cc2)cn1. The number of anilines is 1. The third kappa shape index (κ3) is 5.18. The fraction of sp³-hybridized carbons (Fsp3) is 0.235. The number of hydrogen-bond acceptors (Lipinski definition) is 4. The monoisotopic (exact) mass is 316 g/mol. The van der Waals surface area contributed by atoms with Crippen LogP contribution >= 0.6 is 0 Å². The van der Waals surface area contributed by atoms with E-state index in [1.807, 2.05) is 0 Å². The second-order valence-electron chi connectivity index (χ2n) is 4.92. The molecule has 120 valence electrons. The highest BCUT2D eigenvalue weighted by molar-refractivity contribution is 5.96. The molecule has 1 N–H and O–H groups in total. The van der Waals surface area contributed by atoms with Gasteiger partial charge in [-0.2, -0.15) is 0 Å². The van der Waals surface area contributed by atoms with Gasteiger partial charge in [0.05, 0.1) is 19.0 Å². The summed E-state index contributed by atoms with van der Waals surface area (Å²) >= 11 is 0. The number of benzene rings is 1. The van der Waals surface area contributed by atoms with Crippen molar-refractivity contribution in [3.05, 3.63) is 54.0 Å². The summed E-state index contributed by atoms with van der Waals surface area (Å²) in [6, 6.07) is 8.72. The number of carbonyl (C=O) groups excluding carboxylic acids is 2. The normalized spacial score (nSPS) is 10.2. The molecule has 1 aromatic heterocycles. The van der Waals surface area contributed by atoms with Crippen LogP contribution < -0.4 is 10.1 Å². The topological polar surface area (TPSA) is 68.3 Å². The molecular formula is C17H17FN2O3. The summed E-state index contributed by atoms with van der Waals surface area (Å²) in [6.07, 6.45) is 2.38. The van der Waals surface area contributed by atoms with E-state index in [4.69, 9.17) is 4.74 Å². The molecule has 0 saturated heterocycles. The van der Waals surface area contributed by atoms with Gasteiger partial charge in [0.15, 0.2) is 5.78 Å². The third-order valence-electron chi connectivity index (χ3n) is 3.20. The van der Waals surface area contributed by atoms with E-state index in [9.17, 15) is 14.0 Å². The number of methoxy groups -OCH3 is 1. The average molecular weight is 316 g/mol. The van der Waals surface area contributed by atoms with Gasteiger partial charge in [-0.25, -0.2) is 9.37 Å². The van der Waals surface area contributed by atoms with Crippen molar-refractivity contribution in [3.63, 3.8) is 0 Å². The van der Waals surface area contributed by atoms with E-state index >= 15 is 0 Å². The predicted molar refractivity (Wildman–Crippen MR) is 84.0 cm³/mol. The van der Waals surface area contributed by atoms with E-state index < -0.39 is 0 Å². The minimum Gasteiger partial charge on any atom is -0.481 e. The molecule has 2 rings (SSSR count). The summed E-state index contributed by atoms with van der Waals surface area (Å²) in [6.45, 7) is 0. The van der Waals surface area contributed by atoms with Crippen LogP contribution in [0.25, 0.3) is 0 Å². The molecule has 0 aliphatic heterocycles. The Morgan fingerprint density at radius 1 is 1.13 bits per heavy atom. The molecule has 5 nitrogen and oxygen atoms in total. The molecule has 1 amide bonds. The van der Waals surface area contributed by atoms with Crippen molar-refractivity contribution < 1.29 is 18.7 Å². The molecule has 0 aliphatic rings. The lowest BCUT2D eigenvalue weighted by atomic mass is 10.1. The molecule has 1 aromatic carbocycles. The molecule has 1 heterocycles. The van der Waals surface area contributed by atoms with Crippen molar-refractivity contribution >= 4 is 17.4 Å². The van der Waals surface area contributed by atoms with E-state index in [0.29, 0.717) is 23.6 Å². The number of hydrogen-bond donors (Lipinski definition) is 1. The smallest absolute Gasteiger partial charge is 0.224 e. The molecule has 0 unspecified atom stereocenters. The summed E-state index contributed by atoms with van der Waals surface area (Å²) in [5, 5.41) is 2.70. The van der Waals surface area contributed by atoms with E-state index in [1.54, 1.807) is 12.1 Å². The number of carbonyl (C=O) groups is 2. The van der Waals surface area contributed by atoms with Gasteiger partial charge in [0.2, 0.25) is 11.8 Å². The number of Topliss-reactive ketones (excluding diaryl/α,β-unsaturated/α-hetero) is 1. The first-order chi connectivity index (χ1) is 11.1. The molecule has 2 aromatic rings. The van der Waals surface area contributed by atoms with Crippen LogP contribution in [-0.4, -0.2) is 23.8 Å². The van der Waals surface area contributed by atoms with Crippen molar-refractivity contribution in [1.82, 2.24) is 4.98 Å². The number of nitrogens with one attached hydrogen (secondary N) is 1. The Hall–Kier alpha value is -2.76. The van der Waals surface area contributed by atoms with Crippen molar-refractivity contribution in [2.45, 2.75) is 19.3 Å². The van der Waals surface area contributed by atoms with Gasteiger partial charge in [-0.15, -0.1) is 0 Å². The van der Waals surface area contributed by atoms with Gasteiger partial charge >= 0.3 is 0 Å². The highest BCUT2D eigenvalue weighted by atomic mass is 19.1. The third-order valence-corrected chi connectivity index (χ3v) is 3.20. The number of halogens is 1. The minimum atomic E-state index is -0.381. The van der Waals surface area contributed by atoms with E-state index in [2.05, 4.69) is 10.3 Å². The molecule has 0 radical (unpaired) electrons. The van der Waals surface area contributed by atoms with Crippen LogP contribution in [-0.2, 0) is 4.79 Å². The van der Waals surface area contributed by atoms with Gasteiger partial charge in [0, 0.05) is 24.5 Å². The summed E-state index contributed by atoms with van der Waals surface area (Å²) in [5.41, 5.74) is 1.02. The predicted octanol–water partition coefficient (Wildman–Crippen LogP) is 3.22. The summed E-state index contributed by atoms with van der Waals surface area (Å²) in [4.78, 5) is 27.7. The van der Waals surface area contributed by atoms with E-state index in [0.717, 1.165) is 0 Å². The van der Waals surface area contributed by atoms with Crippen LogP contribution in [0.5, 0.6) is 5.88 Å². The first-order valence-electron chi connectivity index (χ1n) is 7.17. The standard InChI is InChI=1S/C17H17FN2O3/c1-23-17-10-9-14(11-19-17)20-16(22)4-2-3-15(21)12-5-7-13(18)8-6-12/h5-11H,2-4H2,1H3,(H,20,22). The number of aromatic nitrogens is 1. The first kappa shape index (κ1) is 16.6. The molecule has 0 atom stereocenters. The van der Waals surface area contributed by atoms with Crippen molar-refractivity contribution in [2.75, 3.05) is 12.4 Å². The maximum Gasteiger partial charge on any atom is 0.224 e. The summed E-state index contributed by atoms with van der Waals surface area (Å²) < 4.78 is 17.7. The van der Waals surface area contributed by atoms with Gasteiger partial charge < -0.3 is 10.1 Å². The Morgan fingerprint density at radius 3 is 2.48 bits per heavy atom. The number of pyridine rings is 1. The van der Waals surface area contributed by atoms with Crippen LogP contribution in [0.15, 0.2) is 42.6 Å². The lowest BCUT2D eigenvalue weighted by Crippen LogP contribution is -2.12. The first-order valence-corrected chi connectivity index (χ1v) is 7.17. The Kier molecular flexibility index (Phi) is 5.80. The fourth-order valence-electron chi connectivity index (χ4n) is 1.99. The van der Waals surface area contributed by atoms with Gasteiger partial charge in [-0.1, -0.05) is 0 Å². The van der Waals surface area contributed by atoms with Crippen LogP contribution in [0.3, 0.4) is 0 Å². The number of amides is 1. The maximum atomic E-state index is 12.8. The Bertz CT molecular complexity index is 669. The molecule has 0 saturated carbocycles. The van der Waals surface area contributed by atoms with Crippen LogP contribution in [0.2, 0.25) is 0 Å². The van der Waals surface area contributed by atoms with Gasteiger partial charge in [0.25, 0.3) is 0 Å². The molecule has 0 bridgehead atoms. The van der Waals surface area contributed by atoms with Crippen molar-refractivity contribution in [2.24, 2.45) is 0 Å². The van der Waals surface area contributed by atoms with Crippen LogP contribution in [0, 0.1) is 5.82 Å². The molecule has 0 spiro atoms. The quantitative estimate of drug-likeness (QED) is 0.796. The maximum absolute atomic E-state index is 12.8. The second-order valence-corrected chi connectivity index (χ2v) is 4.92. The molecule has 23 heavy (non-hydrogen) atoms. The second kappa shape index (κ2) is 8.03. The Balaban J connectivity index is 1.75. The molecule has 6 heteroatoms. The van der Waals surface area contributed by atoms with E-state index in [-0.39, 0.29) is 30.3 Å². The zero-order valence-electron chi connectivity index (χ0n) is 12.7. The number of rotatable bonds is 7. The summed E-state index contributed by atoms with van der Waals surface area (Å²) in [7, 11) is 1.51. The zero-order valence-corrected chi connectivity index (χ0v) is 12.7. The highest BCUT2D eigenvalue weighted by Crippen LogP contribution is 2.12. The van der Waals surface area contributed by atoms with Gasteiger partial charge in [-0.05, 0) is 36.8 Å². The van der Waals surface area contributed by atoms with Gasteiger partial charge in [-0.3, -0.25) is 9.59 Å². The van der Waals surface area contributed by atoms with Crippen molar-refractivity contribution in [3.8, 4) is 5.88 Å². The molecular weight excluding hydrogens is 299 g/mol. The largest absolute Gasteiger partial charge is 0.481 e. The van der Waals surface area contributed by atoms with Crippen LogP contribution in [0.4, 0.5) is 10.1 Å². The lowest BCUT2D eigenvalue weighted by molar-refractivity contribution is -0.116. The summed E-state index contributed by atoms with van der Waals surface area (Å²) in [5.74, 6) is -0.213. The van der Waals surface area contributed by atoms with E-state index in [1.165, 1.54) is 37.6 Å². The van der Waals surface area contributed by atoms with Gasteiger partial charge in [0.1, 0.15) is 5.82 Å². The highest BCUT2D eigenvalue weighted by Gasteiger charge is 2.08.